The van der Waals surface area contributed by atoms with Crippen LogP contribution in [0.5, 0.6) is 0 Å². The molecule has 0 bridgehead atoms. The molecule has 0 radical (unpaired) electrons. The summed E-state index contributed by atoms with van der Waals surface area (Å²) in [6.45, 7) is 2.04. The third-order valence-corrected chi connectivity index (χ3v) is 5.45. The van der Waals surface area contributed by atoms with Crippen LogP contribution in [-0.4, -0.2) is 32.2 Å². The molecule has 162 valence electrons. The lowest BCUT2D eigenvalue weighted by Crippen LogP contribution is -2.28. The molecule has 7 nitrogen and oxygen atoms in total. The average molecular weight is 443 g/mol. The summed E-state index contributed by atoms with van der Waals surface area (Å²) < 4.78 is 15.2. The number of carbonyl (C=O) groups is 2. The normalized spacial score (nSPS) is 10.7. The molecule has 1 heterocycles. The van der Waals surface area contributed by atoms with Crippen LogP contribution >= 0.6 is 11.8 Å². The van der Waals surface area contributed by atoms with Gasteiger partial charge in [0.2, 0.25) is 11.8 Å². The third-order valence-electron chi connectivity index (χ3n) is 4.46. The van der Waals surface area contributed by atoms with E-state index in [4.69, 9.17) is 0 Å². The molecule has 31 heavy (non-hydrogen) atoms. The van der Waals surface area contributed by atoms with E-state index in [0.717, 1.165) is 22.9 Å². The molecule has 0 saturated heterocycles. The summed E-state index contributed by atoms with van der Waals surface area (Å²) in [7, 11) is 0. The molecule has 0 fully saturated rings. The fourth-order valence-electron chi connectivity index (χ4n) is 2.79. The zero-order valence-corrected chi connectivity index (χ0v) is 17.8. The van der Waals surface area contributed by atoms with E-state index >= 15 is 0 Å². The van der Waals surface area contributed by atoms with Gasteiger partial charge in [0.05, 0.1) is 29.9 Å². The van der Waals surface area contributed by atoms with E-state index in [1.54, 1.807) is 10.6 Å². The summed E-state index contributed by atoms with van der Waals surface area (Å²) in [5, 5.41) is 15.3. The van der Waals surface area contributed by atoms with E-state index in [1.807, 2.05) is 31.2 Å². The number of anilines is 1. The smallest absolute Gasteiger partial charge is 0.240 e. The number of nitrogens with zero attached hydrogens (tertiary/aromatic N) is 2. The van der Waals surface area contributed by atoms with Gasteiger partial charge in [-0.2, -0.15) is 0 Å². The van der Waals surface area contributed by atoms with Gasteiger partial charge in [-0.3, -0.25) is 9.59 Å². The van der Waals surface area contributed by atoms with Crippen molar-refractivity contribution in [1.82, 2.24) is 14.9 Å². The summed E-state index contributed by atoms with van der Waals surface area (Å²) in [6, 6.07) is 13.7. The number of aromatic nitrogens is 2. The maximum atomic E-state index is 13.7. The van der Waals surface area contributed by atoms with E-state index in [-0.39, 0.29) is 30.5 Å². The highest BCUT2D eigenvalue weighted by Gasteiger charge is 2.15. The summed E-state index contributed by atoms with van der Waals surface area (Å²) in [5.74, 6) is -1.19. The van der Waals surface area contributed by atoms with E-state index in [1.165, 1.54) is 24.4 Å². The topological polar surface area (TPSA) is 96.2 Å². The van der Waals surface area contributed by atoms with Crippen molar-refractivity contribution < 1.29 is 19.1 Å². The molecule has 3 rings (SSSR count). The Morgan fingerprint density at radius 1 is 1.13 bits per heavy atom. The number of rotatable bonds is 9. The summed E-state index contributed by atoms with van der Waals surface area (Å²) >= 11 is 1.10. The minimum atomic E-state index is -0.518. The molecule has 1 aromatic heterocycles. The van der Waals surface area contributed by atoms with Gasteiger partial charge in [-0.05, 0) is 24.6 Å². The van der Waals surface area contributed by atoms with Crippen LogP contribution in [0.3, 0.4) is 0 Å². The van der Waals surface area contributed by atoms with Gasteiger partial charge in [0.25, 0.3) is 0 Å². The first-order valence-electron chi connectivity index (χ1n) is 9.61. The van der Waals surface area contributed by atoms with Gasteiger partial charge in [0.1, 0.15) is 12.4 Å². The molecule has 2 amide bonds. The molecule has 0 aliphatic rings. The van der Waals surface area contributed by atoms with Crippen molar-refractivity contribution in [2.24, 2.45) is 0 Å². The first-order chi connectivity index (χ1) is 15.0. The Morgan fingerprint density at radius 2 is 1.87 bits per heavy atom. The SMILES string of the molecule is Cc1ccc(CNC(=O)Cn2c(CO)cnc2SCC(=O)Nc2ccccc2F)cc1. The number of halogens is 1. The Kier molecular flexibility index (Phi) is 7.80. The zero-order chi connectivity index (χ0) is 22.2. The van der Waals surface area contributed by atoms with Gasteiger partial charge in [0.15, 0.2) is 5.16 Å². The van der Waals surface area contributed by atoms with Crippen molar-refractivity contribution in [2.75, 3.05) is 11.1 Å². The number of para-hydroxylation sites is 1. The molecule has 3 N–H and O–H groups in total. The van der Waals surface area contributed by atoms with Crippen molar-refractivity contribution in [3.05, 3.63) is 77.4 Å². The number of hydrogen-bond donors (Lipinski definition) is 3. The molecule has 0 saturated carbocycles. The van der Waals surface area contributed by atoms with Gasteiger partial charge in [0, 0.05) is 6.54 Å². The van der Waals surface area contributed by atoms with Gasteiger partial charge < -0.3 is 20.3 Å². The number of imidazole rings is 1. The predicted molar refractivity (Wildman–Crippen MR) is 117 cm³/mol. The minimum Gasteiger partial charge on any atom is -0.390 e. The Balaban J connectivity index is 1.57. The molecule has 9 heteroatoms. The Morgan fingerprint density at radius 3 is 2.58 bits per heavy atom. The standard InChI is InChI=1S/C22H23FN4O3S/c1-15-6-8-16(9-7-15)10-24-20(29)12-27-17(13-28)11-25-22(27)31-14-21(30)26-19-5-3-2-4-18(19)23/h2-9,11,28H,10,12-14H2,1H3,(H,24,29)(H,26,30). The van der Waals surface area contributed by atoms with Crippen LogP contribution in [0.15, 0.2) is 59.9 Å². The van der Waals surface area contributed by atoms with Crippen LogP contribution in [0.2, 0.25) is 0 Å². The van der Waals surface area contributed by atoms with Crippen molar-refractivity contribution in [3.63, 3.8) is 0 Å². The van der Waals surface area contributed by atoms with E-state index in [0.29, 0.717) is 17.4 Å². The number of hydrogen-bond acceptors (Lipinski definition) is 5. The lowest BCUT2D eigenvalue weighted by molar-refractivity contribution is -0.122. The lowest BCUT2D eigenvalue weighted by Gasteiger charge is -2.11. The highest BCUT2D eigenvalue weighted by molar-refractivity contribution is 7.99. The lowest BCUT2D eigenvalue weighted by atomic mass is 10.1. The van der Waals surface area contributed by atoms with Gasteiger partial charge in [-0.1, -0.05) is 53.7 Å². The third kappa shape index (κ3) is 6.40. The predicted octanol–water partition coefficient (Wildman–Crippen LogP) is 2.87. The number of aryl methyl sites for hydroxylation is 1. The first-order valence-corrected chi connectivity index (χ1v) is 10.6. The van der Waals surface area contributed by atoms with Crippen LogP contribution < -0.4 is 10.6 Å². The molecule has 2 aromatic carbocycles. The largest absolute Gasteiger partial charge is 0.390 e. The number of benzene rings is 2. The molecule has 0 aliphatic heterocycles. The quantitative estimate of drug-likeness (QED) is 0.443. The second-order valence-electron chi connectivity index (χ2n) is 6.86. The van der Waals surface area contributed by atoms with Gasteiger partial charge >= 0.3 is 0 Å². The summed E-state index contributed by atoms with van der Waals surface area (Å²) in [5.41, 5.74) is 2.68. The Labute approximate surface area is 183 Å². The van der Waals surface area contributed by atoms with Crippen molar-refractivity contribution in [1.29, 1.82) is 0 Å². The zero-order valence-electron chi connectivity index (χ0n) is 17.0. The second kappa shape index (κ2) is 10.7. The summed E-state index contributed by atoms with van der Waals surface area (Å²) in [4.78, 5) is 28.8. The molecular formula is C22H23FN4O3S. The molecule has 0 unspecified atom stereocenters. The first kappa shape index (κ1) is 22.5. The van der Waals surface area contributed by atoms with Crippen molar-refractivity contribution >= 4 is 29.3 Å². The number of nitrogens with one attached hydrogen (secondary N) is 2. The average Bonchev–Trinajstić information content (AvgIpc) is 3.15. The molecule has 0 spiro atoms. The maximum absolute atomic E-state index is 13.7. The van der Waals surface area contributed by atoms with Gasteiger partial charge in [-0.25, -0.2) is 9.37 Å². The molecule has 3 aromatic rings. The van der Waals surface area contributed by atoms with Crippen molar-refractivity contribution in [3.8, 4) is 0 Å². The Bertz CT molecular complexity index is 1050. The maximum Gasteiger partial charge on any atom is 0.240 e. The molecular weight excluding hydrogens is 419 g/mol. The number of aliphatic hydroxyl groups excluding tert-OH is 1. The minimum absolute atomic E-state index is 0.0266. The number of amides is 2. The van der Waals surface area contributed by atoms with Crippen LogP contribution in [0.4, 0.5) is 10.1 Å². The fraction of sp³-hybridized carbons (Fsp3) is 0.227. The van der Waals surface area contributed by atoms with Crippen LogP contribution in [0, 0.1) is 12.7 Å². The van der Waals surface area contributed by atoms with E-state index in [9.17, 15) is 19.1 Å². The second-order valence-corrected chi connectivity index (χ2v) is 7.80. The van der Waals surface area contributed by atoms with Crippen molar-refractivity contribution in [2.45, 2.75) is 31.8 Å². The van der Waals surface area contributed by atoms with Crippen LogP contribution in [0.25, 0.3) is 0 Å². The number of carbonyl (C=O) groups excluding carboxylic acids is 2. The monoisotopic (exact) mass is 442 g/mol. The van der Waals surface area contributed by atoms with Gasteiger partial charge in [-0.15, -0.1) is 0 Å². The van der Waals surface area contributed by atoms with Crippen LogP contribution in [0.1, 0.15) is 16.8 Å². The molecule has 0 atom stereocenters. The number of thioether (sulfide) groups is 1. The van der Waals surface area contributed by atoms with Crippen LogP contribution in [-0.2, 0) is 29.3 Å². The highest BCUT2D eigenvalue weighted by atomic mass is 32.2. The fourth-order valence-corrected chi connectivity index (χ4v) is 3.58. The highest BCUT2D eigenvalue weighted by Crippen LogP contribution is 2.20. The Hall–Kier alpha value is -3.17. The summed E-state index contributed by atoms with van der Waals surface area (Å²) in [6.07, 6.45) is 1.46. The van der Waals surface area contributed by atoms with E-state index < -0.39 is 11.7 Å². The number of aliphatic hydroxyl groups is 1. The molecule has 0 aliphatic carbocycles. The van der Waals surface area contributed by atoms with E-state index in [2.05, 4.69) is 15.6 Å².